The summed E-state index contributed by atoms with van der Waals surface area (Å²) in [4.78, 5) is 0. The van der Waals surface area contributed by atoms with Crippen LogP contribution in [-0.2, 0) is 6.42 Å². The lowest BCUT2D eigenvalue weighted by molar-refractivity contribution is 0.551. The Morgan fingerprint density at radius 2 is 2.25 bits per heavy atom. The molecule has 0 bridgehead atoms. The minimum absolute atomic E-state index is 0.527. The fraction of sp³-hybridized carbons (Fsp3) is 0.429. The molecule has 1 nitrogen and oxygen atoms in total. The first-order chi connectivity index (χ1) is 7.72. The molecule has 1 unspecified atom stereocenters. The van der Waals surface area contributed by atoms with E-state index in [0.717, 1.165) is 23.9 Å². The van der Waals surface area contributed by atoms with E-state index in [2.05, 4.69) is 71.5 Å². The van der Waals surface area contributed by atoms with Gasteiger partial charge in [-0.3, -0.25) is 0 Å². The third kappa shape index (κ3) is 5.47. The van der Waals surface area contributed by atoms with Crippen molar-refractivity contribution in [2.75, 3.05) is 6.54 Å². The molecule has 88 valence electrons. The van der Waals surface area contributed by atoms with Crippen molar-refractivity contribution in [3.8, 4) is 0 Å². The second kappa shape index (κ2) is 7.64. The van der Waals surface area contributed by atoms with Crippen molar-refractivity contribution < 1.29 is 0 Å². The lowest BCUT2D eigenvalue weighted by Gasteiger charge is -2.13. The van der Waals surface area contributed by atoms with Gasteiger partial charge in [0.25, 0.3) is 0 Å². The Morgan fingerprint density at radius 3 is 2.94 bits per heavy atom. The zero-order valence-corrected chi connectivity index (χ0v) is 11.6. The van der Waals surface area contributed by atoms with Crippen molar-refractivity contribution in [2.24, 2.45) is 0 Å². The molecule has 0 amide bonds. The Labute approximate surface area is 107 Å². The van der Waals surface area contributed by atoms with Gasteiger partial charge in [-0.2, -0.15) is 0 Å². The normalized spacial score (nSPS) is 13.2. The van der Waals surface area contributed by atoms with E-state index in [1.54, 1.807) is 0 Å². The van der Waals surface area contributed by atoms with Crippen LogP contribution >= 0.6 is 15.9 Å². The minimum Gasteiger partial charge on any atom is -0.314 e. The SMILES string of the molecule is C/C=C/CCNC(C)Cc1cccc(Br)c1. The van der Waals surface area contributed by atoms with Crippen LogP contribution in [0.15, 0.2) is 40.9 Å². The zero-order valence-electron chi connectivity index (χ0n) is 10.0. The maximum Gasteiger partial charge on any atom is 0.0178 e. The zero-order chi connectivity index (χ0) is 11.8. The summed E-state index contributed by atoms with van der Waals surface area (Å²) in [6.07, 6.45) is 6.48. The molecule has 0 aliphatic rings. The quantitative estimate of drug-likeness (QED) is 0.615. The van der Waals surface area contributed by atoms with Crippen molar-refractivity contribution >= 4 is 15.9 Å². The highest BCUT2D eigenvalue weighted by atomic mass is 79.9. The van der Waals surface area contributed by atoms with E-state index in [9.17, 15) is 0 Å². The topological polar surface area (TPSA) is 12.0 Å². The Bertz CT molecular complexity index is 333. The van der Waals surface area contributed by atoms with Gasteiger partial charge in [0, 0.05) is 10.5 Å². The molecule has 0 heterocycles. The largest absolute Gasteiger partial charge is 0.314 e. The van der Waals surface area contributed by atoms with Crippen molar-refractivity contribution in [3.05, 3.63) is 46.5 Å². The van der Waals surface area contributed by atoms with Gasteiger partial charge in [0.15, 0.2) is 0 Å². The third-order valence-corrected chi connectivity index (χ3v) is 2.96. The molecule has 1 rings (SSSR count). The summed E-state index contributed by atoms with van der Waals surface area (Å²) in [5.41, 5.74) is 1.38. The molecule has 0 saturated carbocycles. The van der Waals surface area contributed by atoms with Crippen molar-refractivity contribution in [1.29, 1.82) is 0 Å². The van der Waals surface area contributed by atoms with Gasteiger partial charge in [-0.1, -0.05) is 40.2 Å². The van der Waals surface area contributed by atoms with Gasteiger partial charge in [-0.25, -0.2) is 0 Å². The number of benzene rings is 1. The van der Waals surface area contributed by atoms with E-state index in [1.165, 1.54) is 5.56 Å². The molecule has 2 heteroatoms. The van der Waals surface area contributed by atoms with E-state index >= 15 is 0 Å². The average molecular weight is 282 g/mol. The van der Waals surface area contributed by atoms with E-state index in [0.29, 0.717) is 6.04 Å². The number of allylic oxidation sites excluding steroid dienone is 1. The van der Waals surface area contributed by atoms with Crippen LogP contribution in [0, 0.1) is 0 Å². The first-order valence-electron chi connectivity index (χ1n) is 5.81. The maximum atomic E-state index is 3.52. The number of halogens is 1. The molecule has 0 aliphatic carbocycles. The Kier molecular flexibility index (Phi) is 6.43. The van der Waals surface area contributed by atoms with Crippen molar-refractivity contribution in [2.45, 2.75) is 32.7 Å². The van der Waals surface area contributed by atoms with Gasteiger partial charge in [0.1, 0.15) is 0 Å². The summed E-state index contributed by atoms with van der Waals surface area (Å²) in [7, 11) is 0. The van der Waals surface area contributed by atoms with Crippen LogP contribution < -0.4 is 5.32 Å². The predicted molar refractivity (Wildman–Crippen MR) is 74.7 cm³/mol. The molecule has 1 aromatic rings. The summed E-state index contributed by atoms with van der Waals surface area (Å²) in [5.74, 6) is 0. The van der Waals surface area contributed by atoms with Crippen LogP contribution in [0.5, 0.6) is 0 Å². The number of nitrogens with one attached hydrogen (secondary N) is 1. The summed E-state index contributed by atoms with van der Waals surface area (Å²) < 4.78 is 1.16. The fourth-order valence-electron chi connectivity index (χ4n) is 1.67. The highest BCUT2D eigenvalue weighted by molar-refractivity contribution is 9.10. The van der Waals surface area contributed by atoms with E-state index in [4.69, 9.17) is 0 Å². The molecule has 1 N–H and O–H groups in total. The summed E-state index contributed by atoms with van der Waals surface area (Å²) in [5, 5.41) is 3.52. The first kappa shape index (κ1) is 13.5. The van der Waals surface area contributed by atoms with Gasteiger partial charge in [-0.15, -0.1) is 0 Å². The predicted octanol–water partition coefficient (Wildman–Crippen LogP) is 3.94. The highest BCUT2D eigenvalue weighted by Crippen LogP contribution is 2.12. The van der Waals surface area contributed by atoms with Crippen LogP contribution in [0.3, 0.4) is 0 Å². The highest BCUT2D eigenvalue weighted by Gasteiger charge is 2.02. The minimum atomic E-state index is 0.527. The first-order valence-corrected chi connectivity index (χ1v) is 6.60. The molecule has 0 aromatic heterocycles. The lowest BCUT2D eigenvalue weighted by Crippen LogP contribution is -2.28. The van der Waals surface area contributed by atoms with Gasteiger partial charge >= 0.3 is 0 Å². The van der Waals surface area contributed by atoms with E-state index in [-0.39, 0.29) is 0 Å². The Balaban J connectivity index is 2.31. The molecular formula is C14H20BrN. The molecule has 0 fully saturated rings. The van der Waals surface area contributed by atoms with Crippen molar-refractivity contribution in [1.82, 2.24) is 5.32 Å². The van der Waals surface area contributed by atoms with Crippen LogP contribution in [-0.4, -0.2) is 12.6 Å². The molecule has 0 spiro atoms. The van der Waals surface area contributed by atoms with E-state index in [1.807, 2.05) is 0 Å². The molecule has 1 atom stereocenters. The molecular weight excluding hydrogens is 262 g/mol. The van der Waals surface area contributed by atoms with Crippen LogP contribution in [0.25, 0.3) is 0 Å². The van der Waals surface area contributed by atoms with Crippen LogP contribution in [0.2, 0.25) is 0 Å². The summed E-state index contributed by atoms with van der Waals surface area (Å²) in [6, 6.07) is 9.04. The van der Waals surface area contributed by atoms with Gasteiger partial charge < -0.3 is 5.32 Å². The van der Waals surface area contributed by atoms with Crippen LogP contribution in [0.4, 0.5) is 0 Å². The van der Waals surface area contributed by atoms with Gasteiger partial charge in [0.05, 0.1) is 0 Å². The Morgan fingerprint density at radius 1 is 1.44 bits per heavy atom. The molecule has 16 heavy (non-hydrogen) atoms. The maximum absolute atomic E-state index is 3.52. The lowest BCUT2D eigenvalue weighted by atomic mass is 10.1. The monoisotopic (exact) mass is 281 g/mol. The molecule has 0 aliphatic heterocycles. The van der Waals surface area contributed by atoms with Gasteiger partial charge in [0.2, 0.25) is 0 Å². The average Bonchev–Trinajstić information content (AvgIpc) is 2.24. The number of hydrogen-bond acceptors (Lipinski definition) is 1. The summed E-state index contributed by atoms with van der Waals surface area (Å²) >= 11 is 3.50. The summed E-state index contributed by atoms with van der Waals surface area (Å²) in [6.45, 7) is 5.35. The third-order valence-electron chi connectivity index (χ3n) is 2.47. The van der Waals surface area contributed by atoms with Gasteiger partial charge in [-0.05, 0) is 50.9 Å². The standard InChI is InChI=1S/C14H20BrN/c1-3-4-5-9-16-12(2)10-13-7-6-8-14(15)11-13/h3-4,6-8,11-12,16H,5,9-10H2,1-2H3/b4-3+. The molecule has 1 aromatic carbocycles. The van der Waals surface area contributed by atoms with E-state index < -0.39 is 0 Å². The molecule has 0 radical (unpaired) electrons. The fourth-order valence-corrected chi connectivity index (χ4v) is 2.12. The number of rotatable bonds is 6. The Hall–Kier alpha value is -0.600. The second-order valence-electron chi connectivity index (χ2n) is 4.05. The van der Waals surface area contributed by atoms with Crippen LogP contribution in [0.1, 0.15) is 25.8 Å². The second-order valence-corrected chi connectivity index (χ2v) is 4.96. The number of hydrogen-bond donors (Lipinski definition) is 1. The molecule has 0 saturated heterocycles. The van der Waals surface area contributed by atoms with Crippen molar-refractivity contribution in [3.63, 3.8) is 0 Å². The smallest absolute Gasteiger partial charge is 0.0178 e.